The van der Waals surface area contributed by atoms with Gasteiger partial charge in [-0.05, 0) is 31.2 Å². The molecule has 0 spiro atoms. The maximum absolute atomic E-state index is 10.7. The lowest BCUT2D eigenvalue weighted by molar-refractivity contribution is -0.0170. The lowest BCUT2D eigenvalue weighted by Crippen LogP contribution is -2.34. The van der Waals surface area contributed by atoms with Gasteiger partial charge in [-0.1, -0.05) is 11.6 Å². The Labute approximate surface area is 172 Å². The highest BCUT2D eigenvalue weighted by atomic mass is 35.5. The normalized spacial score (nSPS) is 25.4. The van der Waals surface area contributed by atoms with Crippen LogP contribution in [0.3, 0.4) is 0 Å². The zero-order chi connectivity index (χ0) is 20.7. The highest BCUT2D eigenvalue weighted by Gasteiger charge is 2.44. The average Bonchev–Trinajstić information content (AvgIpc) is 3.26. The highest BCUT2D eigenvalue weighted by molar-refractivity contribution is 6.30. The summed E-state index contributed by atoms with van der Waals surface area (Å²) in [5, 5.41) is 32.8. The molecule has 1 aromatic carbocycles. The molecular weight excluding hydrogens is 396 g/mol. The minimum atomic E-state index is -1.11. The van der Waals surface area contributed by atoms with E-state index in [-0.39, 0.29) is 6.54 Å². The lowest BCUT2D eigenvalue weighted by atomic mass is 10.1. The molecule has 2 aromatic heterocycles. The number of rotatable bonds is 5. The zero-order valence-electron chi connectivity index (χ0n) is 15.8. The van der Waals surface area contributed by atoms with E-state index >= 15 is 0 Å². The third-order valence-electron chi connectivity index (χ3n) is 5.50. The Morgan fingerprint density at radius 1 is 1.28 bits per heavy atom. The number of benzene rings is 1. The molecule has 5 N–H and O–H groups in total. The number of halogens is 1. The summed E-state index contributed by atoms with van der Waals surface area (Å²) in [7, 11) is 0. The first kappa shape index (κ1) is 20.1. The first-order valence-electron chi connectivity index (χ1n) is 9.39. The summed E-state index contributed by atoms with van der Waals surface area (Å²) in [6, 6.07) is 6.33. The maximum Gasteiger partial charge on any atom is 0.143 e. The van der Waals surface area contributed by atoms with Gasteiger partial charge in [-0.15, -0.1) is 0 Å². The molecule has 1 aliphatic rings. The van der Waals surface area contributed by atoms with E-state index in [9.17, 15) is 15.3 Å². The molecule has 1 aliphatic carbocycles. The number of hydrogen-bond donors (Lipinski definition) is 4. The van der Waals surface area contributed by atoms with Gasteiger partial charge in [0.05, 0.1) is 17.8 Å². The summed E-state index contributed by atoms with van der Waals surface area (Å²) in [6.07, 6.45) is -0.109. The van der Waals surface area contributed by atoms with Gasteiger partial charge in [0.25, 0.3) is 0 Å². The molecular formula is C20H23ClN4O4. The predicted octanol–water partition coefficient (Wildman–Crippen LogP) is 1.50. The van der Waals surface area contributed by atoms with E-state index in [2.05, 4.69) is 9.97 Å². The van der Waals surface area contributed by atoms with Gasteiger partial charge in [-0.25, -0.2) is 9.97 Å². The van der Waals surface area contributed by atoms with Crippen molar-refractivity contribution in [2.45, 2.75) is 43.8 Å². The van der Waals surface area contributed by atoms with Crippen LogP contribution >= 0.6 is 11.6 Å². The van der Waals surface area contributed by atoms with Crippen LogP contribution in [-0.4, -0.2) is 54.7 Å². The summed E-state index contributed by atoms with van der Waals surface area (Å²) in [5.74, 6) is 0.375. The van der Waals surface area contributed by atoms with Crippen molar-refractivity contribution in [1.82, 2.24) is 14.5 Å². The van der Waals surface area contributed by atoms with Crippen LogP contribution < -0.4 is 10.5 Å². The maximum atomic E-state index is 10.7. The molecule has 2 heterocycles. The van der Waals surface area contributed by atoms with Gasteiger partial charge >= 0.3 is 0 Å². The highest BCUT2D eigenvalue weighted by Crippen LogP contribution is 2.37. The molecule has 1 unspecified atom stereocenters. The van der Waals surface area contributed by atoms with Crippen LogP contribution in [-0.2, 0) is 0 Å². The van der Waals surface area contributed by atoms with Gasteiger partial charge in [-0.2, -0.15) is 0 Å². The predicted molar refractivity (Wildman–Crippen MR) is 108 cm³/mol. The SMILES string of the molecule is Cc1ncnc2c1ccn2[C@@H]1C[C@H](Oc2ccc(Cl)cc2C(O)CN)[C@@H](O)[C@H]1O. The van der Waals surface area contributed by atoms with Gasteiger partial charge in [0.2, 0.25) is 0 Å². The molecule has 9 heteroatoms. The summed E-state index contributed by atoms with van der Waals surface area (Å²) >= 11 is 6.03. The smallest absolute Gasteiger partial charge is 0.143 e. The monoisotopic (exact) mass is 418 g/mol. The molecule has 0 amide bonds. The fourth-order valence-electron chi connectivity index (χ4n) is 3.90. The van der Waals surface area contributed by atoms with Crippen molar-refractivity contribution in [3.8, 4) is 5.75 Å². The number of aliphatic hydroxyl groups is 3. The second kappa shape index (κ2) is 7.89. The number of nitrogens with zero attached hydrogens (tertiary/aromatic N) is 3. The molecule has 29 heavy (non-hydrogen) atoms. The van der Waals surface area contributed by atoms with Crippen molar-refractivity contribution >= 4 is 22.6 Å². The minimum absolute atomic E-state index is 0.00356. The number of aliphatic hydroxyl groups excluding tert-OH is 3. The number of aryl methyl sites for hydroxylation is 1. The van der Waals surface area contributed by atoms with Crippen molar-refractivity contribution in [2.75, 3.05) is 6.54 Å². The van der Waals surface area contributed by atoms with E-state index in [1.807, 2.05) is 23.8 Å². The Balaban J connectivity index is 1.62. The van der Waals surface area contributed by atoms with Crippen molar-refractivity contribution < 1.29 is 20.1 Å². The van der Waals surface area contributed by atoms with E-state index in [1.165, 1.54) is 6.33 Å². The molecule has 1 saturated carbocycles. The van der Waals surface area contributed by atoms with Gasteiger partial charge < -0.3 is 30.4 Å². The quantitative estimate of drug-likeness (QED) is 0.494. The van der Waals surface area contributed by atoms with Crippen molar-refractivity contribution in [3.63, 3.8) is 0 Å². The number of aromatic nitrogens is 3. The van der Waals surface area contributed by atoms with Crippen LogP contribution in [0.15, 0.2) is 36.8 Å². The molecule has 0 bridgehead atoms. The number of fused-ring (bicyclic) bond motifs is 1. The Kier molecular flexibility index (Phi) is 5.46. The Hall–Kier alpha value is -2.23. The third-order valence-corrected chi connectivity index (χ3v) is 5.73. The van der Waals surface area contributed by atoms with Gasteiger partial charge in [0, 0.05) is 35.1 Å². The van der Waals surface area contributed by atoms with Crippen LogP contribution in [0.25, 0.3) is 11.0 Å². The first-order valence-corrected chi connectivity index (χ1v) is 9.77. The number of hydrogen-bond acceptors (Lipinski definition) is 7. The van der Waals surface area contributed by atoms with Crippen molar-refractivity contribution in [2.24, 2.45) is 5.73 Å². The fraction of sp³-hybridized carbons (Fsp3) is 0.400. The van der Waals surface area contributed by atoms with Gasteiger partial charge in [-0.3, -0.25) is 0 Å². The van der Waals surface area contributed by atoms with Crippen LogP contribution in [0.1, 0.15) is 29.8 Å². The molecule has 8 nitrogen and oxygen atoms in total. The molecule has 3 aromatic rings. The second-order valence-corrected chi connectivity index (χ2v) is 7.73. The topological polar surface area (TPSA) is 127 Å². The van der Waals surface area contributed by atoms with Crippen LogP contribution in [0.2, 0.25) is 5.02 Å². The van der Waals surface area contributed by atoms with E-state index in [4.69, 9.17) is 22.1 Å². The van der Waals surface area contributed by atoms with Crippen LogP contribution in [0, 0.1) is 6.92 Å². The van der Waals surface area contributed by atoms with E-state index < -0.39 is 30.5 Å². The summed E-state index contributed by atoms with van der Waals surface area (Å²) in [4.78, 5) is 8.52. The Morgan fingerprint density at radius 2 is 2.07 bits per heavy atom. The molecule has 4 rings (SSSR count). The van der Waals surface area contributed by atoms with E-state index in [1.54, 1.807) is 18.2 Å². The zero-order valence-corrected chi connectivity index (χ0v) is 16.6. The van der Waals surface area contributed by atoms with Crippen LogP contribution in [0.5, 0.6) is 5.75 Å². The van der Waals surface area contributed by atoms with Gasteiger partial charge in [0.1, 0.15) is 36.0 Å². The fourth-order valence-corrected chi connectivity index (χ4v) is 4.08. The van der Waals surface area contributed by atoms with Gasteiger partial charge in [0.15, 0.2) is 0 Å². The van der Waals surface area contributed by atoms with E-state index in [0.29, 0.717) is 28.4 Å². The minimum Gasteiger partial charge on any atom is -0.487 e. The molecule has 0 radical (unpaired) electrons. The van der Waals surface area contributed by atoms with Crippen molar-refractivity contribution in [3.05, 3.63) is 53.1 Å². The second-order valence-electron chi connectivity index (χ2n) is 7.29. The first-order chi connectivity index (χ1) is 13.9. The summed E-state index contributed by atoms with van der Waals surface area (Å²) in [6.45, 7) is 1.90. The summed E-state index contributed by atoms with van der Waals surface area (Å²) < 4.78 is 7.85. The standard InChI is InChI=1S/C20H23ClN4O4/c1-10-12-4-5-25(20(12)24-9-23-10)14-7-17(19(28)18(14)27)29-16-3-2-11(21)6-13(16)15(26)8-22/h2-6,9,14-15,17-19,26-28H,7-8,22H2,1H3/t14-,15?,17+,18+,19-/m1/s1. The number of ether oxygens (including phenoxy) is 1. The molecule has 0 saturated heterocycles. The summed E-state index contributed by atoms with van der Waals surface area (Å²) in [5.41, 5.74) is 7.56. The molecule has 1 fully saturated rings. The molecule has 5 atom stereocenters. The lowest BCUT2D eigenvalue weighted by Gasteiger charge is -2.21. The molecule has 154 valence electrons. The third kappa shape index (κ3) is 3.58. The largest absolute Gasteiger partial charge is 0.487 e. The van der Waals surface area contributed by atoms with Crippen LogP contribution in [0.4, 0.5) is 0 Å². The Bertz CT molecular complexity index is 1030. The average molecular weight is 419 g/mol. The van der Waals surface area contributed by atoms with Crippen molar-refractivity contribution in [1.29, 1.82) is 0 Å². The number of nitrogens with two attached hydrogens (primary N) is 1. The molecule has 0 aliphatic heterocycles. The Morgan fingerprint density at radius 3 is 2.83 bits per heavy atom. The van der Waals surface area contributed by atoms with E-state index in [0.717, 1.165) is 11.1 Å².